The number of hydrogen-bond donors (Lipinski definition) is 2. The summed E-state index contributed by atoms with van der Waals surface area (Å²) in [7, 11) is 0. The van der Waals surface area contributed by atoms with Crippen LogP contribution in [0.15, 0.2) is 24.3 Å². The zero-order chi connectivity index (χ0) is 10.6. The number of rotatable bonds is 2. The molecule has 5 heteroatoms. The summed E-state index contributed by atoms with van der Waals surface area (Å²) in [4.78, 5) is 0. The maximum absolute atomic E-state index is 10.2. The smallest absolute Gasteiger partial charge is 0.157 e. The van der Waals surface area contributed by atoms with Gasteiger partial charge in [-0.25, -0.2) is 4.21 Å². The fourth-order valence-electron chi connectivity index (χ4n) is 0.834. The molecular weight excluding hydrogens is 224 g/mol. The molecule has 0 heterocycles. The van der Waals surface area contributed by atoms with Crippen LogP contribution in [0.3, 0.4) is 0 Å². The summed E-state index contributed by atoms with van der Waals surface area (Å²) in [5.41, 5.74) is 0.646. The Hall–Kier alpha value is -1.26. The molecule has 14 heavy (non-hydrogen) atoms. The third kappa shape index (κ3) is 2.90. The first kappa shape index (κ1) is 10.8. The van der Waals surface area contributed by atoms with Crippen molar-refractivity contribution in [2.75, 3.05) is 0 Å². The summed E-state index contributed by atoms with van der Waals surface area (Å²) in [5, 5.41) is 18.1. The summed E-state index contributed by atoms with van der Waals surface area (Å²) in [6, 6.07) is 4.31. The second kappa shape index (κ2) is 4.83. The van der Waals surface area contributed by atoms with E-state index in [1.54, 1.807) is 12.1 Å². The van der Waals surface area contributed by atoms with E-state index in [2.05, 4.69) is 0 Å². The van der Waals surface area contributed by atoms with Crippen molar-refractivity contribution in [3.05, 3.63) is 29.8 Å². The Kier molecular flexibility index (Phi) is 3.73. The average molecular weight is 231 g/mol. The number of phenols is 2. The van der Waals surface area contributed by atoms with Crippen LogP contribution in [-0.4, -0.2) is 18.7 Å². The molecule has 0 aliphatic heterocycles. The summed E-state index contributed by atoms with van der Waals surface area (Å²) < 4.78 is 10.3. The van der Waals surface area contributed by atoms with Crippen molar-refractivity contribution in [2.24, 2.45) is 0 Å². The van der Waals surface area contributed by atoms with Crippen LogP contribution in [-0.2, 0) is 11.3 Å². The van der Waals surface area contributed by atoms with Crippen LogP contribution in [0.1, 0.15) is 5.56 Å². The largest absolute Gasteiger partial charge is 0.504 e. The van der Waals surface area contributed by atoms with Crippen molar-refractivity contribution >= 4 is 33.3 Å². The highest BCUT2D eigenvalue weighted by Gasteiger charge is 1.97. The van der Waals surface area contributed by atoms with Crippen LogP contribution in [0.2, 0.25) is 0 Å². The van der Waals surface area contributed by atoms with Gasteiger partial charge in [-0.3, -0.25) is 0 Å². The van der Waals surface area contributed by atoms with Crippen LogP contribution >= 0.6 is 11.6 Å². The molecule has 1 aromatic rings. The molecule has 0 radical (unpaired) electrons. The van der Waals surface area contributed by atoms with Crippen LogP contribution in [0.4, 0.5) is 0 Å². The van der Waals surface area contributed by atoms with Crippen molar-refractivity contribution in [3.8, 4) is 11.5 Å². The lowest BCUT2D eigenvalue weighted by molar-refractivity contribution is 0.403. The fourth-order valence-corrected chi connectivity index (χ4v) is 1.02. The molecule has 1 aromatic carbocycles. The maximum Gasteiger partial charge on any atom is 0.157 e. The second-order valence-electron chi connectivity index (χ2n) is 2.47. The Morgan fingerprint density at radius 2 is 2.07 bits per heavy atom. The first-order chi connectivity index (χ1) is 6.63. The van der Waals surface area contributed by atoms with Crippen molar-refractivity contribution in [1.82, 2.24) is 0 Å². The molecule has 1 rings (SSSR count). The Morgan fingerprint density at radius 3 is 2.64 bits per heavy atom. The number of benzene rings is 1. The van der Waals surface area contributed by atoms with Gasteiger partial charge in [0.05, 0.1) is 0 Å². The van der Waals surface area contributed by atoms with Gasteiger partial charge in [-0.05, 0) is 23.8 Å². The molecular formula is C9H7ClO3S. The third-order valence-corrected chi connectivity index (χ3v) is 2.10. The molecule has 0 aromatic heterocycles. The van der Waals surface area contributed by atoms with Crippen LogP contribution in [0.5, 0.6) is 11.5 Å². The highest BCUT2D eigenvalue weighted by Crippen LogP contribution is 2.25. The fraction of sp³-hybridized carbons (Fsp3) is 0. The predicted octanol–water partition coefficient (Wildman–Crippen LogP) is 1.69. The maximum atomic E-state index is 10.2. The van der Waals surface area contributed by atoms with E-state index in [0.717, 1.165) is 0 Å². The molecule has 0 saturated heterocycles. The number of halogens is 1. The van der Waals surface area contributed by atoms with E-state index in [1.165, 1.54) is 18.2 Å². The van der Waals surface area contributed by atoms with E-state index < -0.39 is 0 Å². The normalized spacial score (nSPS) is 10.4. The van der Waals surface area contributed by atoms with Gasteiger partial charge in [0, 0.05) is 0 Å². The van der Waals surface area contributed by atoms with Crippen molar-refractivity contribution in [2.45, 2.75) is 0 Å². The first-order valence-electron chi connectivity index (χ1n) is 3.66. The topological polar surface area (TPSA) is 57.5 Å². The molecule has 74 valence electrons. The highest BCUT2D eigenvalue weighted by molar-refractivity contribution is 7.70. The molecule has 0 bridgehead atoms. The van der Waals surface area contributed by atoms with Crippen LogP contribution in [0, 0.1) is 0 Å². The van der Waals surface area contributed by atoms with E-state index in [1.807, 2.05) is 0 Å². The highest BCUT2D eigenvalue weighted by atomic mass is 35.5. The van der Waals surface area contributed by atoms with E-state index in [-0.39, 0.29) is 27.1 Å². The van der Waals surface area contributed by atoms with Gasteiger partial charge in [0.25, 0.3) is 0 Å². The minimum atomic E-state index is -0.210. The van der Waals surface area contributed by atoms with E-state index in [9.17, 15) is 4.21 Å². The van der Waals surface area contributed by atoms with Gasteiger partial charge in [-0.1, -0.05) is 23.7 Å². The lowest BCUT2D eigenvalue weighted by Crippen LogP contribution is -1.78. The molecule has 2 N–H and O–H groups in total. The molecule has 0 saturated carbocycles. The van der Waals surface area contributed by atoms with Gasteiger partial charge in [-0.15, -0.1) is 0 Å². The second-order valence-corrected chi connectivity index (χ2v) is 3.71. The van der Waals surface area contributed by atoms with Gasteiger partial charge in [0.2, 0.25) is 0 Å². The van der Waals surface area contributed by atoms with Crippen molar-refractivity contribution in [1.29, 1.82) is 0 Å². The Bertz CT molecular complexity index is 422. The average Bonchev–Trinajstić information content (AvgIpc) is 2.19. The standard InChI is InChI=1S/C9H7ClO3S/c10-9(14-13)4-2-6-1-3-7(11)8(12)5-6/h1-5,11-12H. The van der Waals surface area contributed by atoms with Gasteiger partial charge in [0.15, 0.2) is 11.5 Å². The van der Waals surface area contributed by atoms with Gasteiger partial charge in [-0.2, -0.15) is 0 Å². The van der Waals surface area contributed by atoms with Crippen LogP contribution < -0.4 is 0 Å². The number of aromatic hydroxyl groups is 2. The summed E-state index contributed by atoms with van der Waals surface area (Å²) >= 11 is 5.64. The summed E-state index contributed by atoms with van der Waals surface area (Å²) in [6.07, 6.45) is 2.98. The molecule has 0 unspecified atom stereocenters. The minimum Gasteiger partial charge on any atom is -0.504 e. The summed E-state index contributed by atoms with van der Waals surface area (Å²) in [6.45, 7) is 0. The first-order valence-corrected chi connectivity index (χ1v) is 4.78. The molecule has 0 aliphatic rings. The zero-order valence-electron chi connectivity index (χ0n) is 6.98. The van der Waals surface area contributed by atoms with Gasteiger partial charge >= 0.3 is 0 Å². The van der Waals surface area contributed by atoms with Crippen molar-refractivity contribution in [3.63, 3.8) is 0 Å². The van der Waals surface area contributed by atoms with Crippen molar-refractivity contribution < 1.29 is 14.4 Å². The summed E-state index contributed by atoms with van der Waals surface area (Å²) in [5.74, 6) is -0.395. The molecule has 3 nitrogen and oxygen atoms in total. The minimum absolute atomic E-state index is 0.109. The number of allylic oxidation sites excluding steroid dienone is 1. The lowest BCUT2D eigenvalue weighted by atomic mass is 10.2. The quantitative estimate of drug-likeness (QED) is 0.352. The van der Waals surface area contributed by atoms with Crippen LogP contribution in [0.25, 0.3) is 6.08 Å². The van der Waals surface area contributed by atoms with Gasteiger partial charge < -0.3 is 10.2 Å². The number of hydrogen-bond acceptors (Lipinski definition) is 3. The Labute approximate surface area is 89.3 Å². The molecule has 0 atom stereocenters. The van der Waals surface area contributed by atoms with E-state index >= 15 is 0 Å². The number of phenolic OH excluding ortho intramolecular Hbond substituents is 2. The SMILES string of the molecule is O=S=C(Cl)C=Cc1ccc(O)c(O)c1. The Balaban J connectivity index is 2.94. The van der Waals surface area contributed by atoms with E-state index in [0.29, 0.717) is 5.56 Å². The predicted molar refractivity (Wildman–Crippen MR) is 57.8 cm³/mol. The van der Waals surface area contributed by atoms with E-state index in [4.69, 9.17) is 21.8 Å². The molecule has 0 fully saturated rings. The molecule has 0 aliphatic carbocycles. The monoisotopic (exact) mass is 230 g/mol. The third-order valence-electron chi connectivity index (χ3n) is 1.49. The lowest BCUT2D eigenvalue weighted by Gasteiger charge is -1.97. The zero-order valence-corrected chi connectivity index (χ0v) is 8.55. The molecule has 0 spiro atoms. The van der Waals surface area contributed by atoms with Gasteiger partial charge in [0.1, 0.15) is 15.6 Å². The Morgan fingerprint density at radius 1 is 1.36 bits per heavy atom. The molecule has 0 amide bonds.